The topological polar surface area (TPSA) is 48.7 Å². The summed E-state index contributed by atoms with van der Waals surface area (Å²) in [6.45, 7) is 9.26. The average molecular weight is 292 g/mol. The Morgan fingerprint density at radius 3 is 2.40 bits per heavy atom. The van der Waals surface area contributed by atoms with Gasteiger partial charge in [0, 0.05) is 6.04 Å². The van der Waals surface area contributed by atoms with E-state index in [0.29, 0.717) is 33.4 Å². The first kappa shape index (κ1) is 15.1. The summed E-state index contributed by atoms with van der Waals surface area (Å²) in [6, 6.07) is 5.83. The Bertz CT molecular complexity index is 527. The second-order valence-electron chi connectivity index (χ2n) is 7.43. The lowest BCUT2D eigenvalue weighted by molar-refractivity contribution is 0.105. The number of anilines is 1. The number of hydrogen-bond acceptors (Lipinski definition) is 3. The first-order valence-electron chi connectivity index (χ1n) is 7.03. The Morgan fingerprint density at radius 2 is 1.85 bits per heavy atom. The number of nitrogens with one attached hydrogen (secondary N) is 1. The van der Waals surface area contributed by atoms with Crippen LogP contribution in [0.5, 0.6) is 0 Å². The van der Waals surface area contributed by atoms with Crippen molar-refractivity contribution >= 4 is 17.4 Å². The van der Waals surface area contributed by atoms with Gasteiger partial charge in [-0.2, -0.15) is 5.26 Å². The van der Waals surface area contributed by atoms with Crippen molar-refractivity contribution in [1.29, 1.82) is 5.26 Å². The normalized spacial score (nSPS) is 21.2. The van der Waals surface area contributed by atoms with Gasteiger partial charge in [-0.1, -0.05) is 39.3 Å². The van der Waals surface area contributed by atoms with Gasteiger partial charge in [0.15, 0.2) is 0 Å². The van der Waals surface area contributed by atoms with Crippen LogP contribution in [0.1, 0.15) is 52.5 Å². The van der Waals surface area contributed by atoms with Crippen molar-refractivity contribution < 1.29 is 0 Å². The highest BCUT2D eigenvalue weighted by atomic mass is 35.5. The van der Waals surface area contributed by atoms with Crippen LogP contribution >= 0.6 is 11.6 Å². The van der Waals surface area contributed by atoms with Crippen LogP contribution in [-0.2, 0) is 0 Å². The number of hydrogen-bond donors (Lipinski definition) is 1. The molecule has 1 saturated carbocycles. The van der Waals surface area contributed by atoms with Gasteiger partial charge in [0.25, 0.3) is 0 Å². The van der Waals surface area contributed by atoms with Gasteiger partial charge in [-0.05, 0) is 42.2 Å². The Morgan fingerprint density at radius 1 is 1.25 bits per heavy atom. The Labute approximate surface area is 126 Å². The van der Waals surface area contributed by atoms with Crippen molar-refractivity contribution in [1.82, 2.24) is 4.98 Å². The highest BCUT2D eigenvalue weighted by Gasteiger charge is 2.38. The average Bonchev–Trinajstić information content (AvgIpc) is 2.23. The molecule has 1 fully saturated rings. The Balaban J connectivity index is 2.17. The molecule has 4 heteroatoms. The molecule has 0 bridgehead atoms. The number of halogens is 1. The highest BCUT2D eigenvalue weighted by Crippen LogP contribution is 2.46. The molecule has 20 heavy (non-hydrogen) atoms. The molecule has 2 rings (SSSR count). The molecule has 3 nitrogen and oxygen atoms in total. The van der Waals surface area contributed by atoms with E-state index in [4.69, 9.17) is 16.9 Å². The van der Waals surface area contributed by atoms with Crippen LogP contribution in [0.4, 0.5) is 5.82 Å². The summed E-state index contributed by atoms with van der Waals surface area (Å²) >= 11 is 5.96. The molecular weight excluding hydrogens is 270 g/mol. The van der Waals surface area contributed by atoms with E-state index in [-0.39, 0.29) is 0 Å². The molecule has 1 aromatic rings. The molecule has 0 atom stereocenters. The maximum Gasteiger partial charge on any atom is 0.132 e. The minimum Gasteiger partial charge on any atom is -0.367 e. The number of rotatable bonds is 2. The molecule has 1 aliphatic rings. The molecule has 0 radical (unpaired) electrons. The maximum atomic E-state index is 8.99. The fraction of sp³-hybridized carbons (Fsp3) is 0.625. The zero-order chi connectivity index (χ0) is 15.0. The quantitative estimate of drug-likeness (QED) is 0.809. The van der Waals surface area contributed by atoms with Crippen molar-refractivity contribution in [3.05, 3.63) is 22.8 Å². The molecule has 1 aromatic heterocycles. The second-order valence-corrected chi connectivity index (χ2v) is 7.82. The van der Waals surface area contributed by atoms with E-state index in [0.717, 1.165) is 12.8 Å². The minimum atomic E-state index is 0.316. The summed E-state index contributed by atoms with van der Waals surface area (Å²) in [5.74, 6) is 0.701. The van der Waals surface area contributed by atoms with E-state index >= 15 is 0 Å². The zero-order valence-electron chi connectivity index (χ0n) is 12.6. The van der Waals surface area contributed by atoms with Crippen molar-refractivity contribution in [3.8, 4) is 6.07 Å². The van der Waals surface area contributed by atoms with Crippen LogP contribution in [-0.4, -0.2) is 11.0 Å². The van der Waals surface area contributed by atoms with Crippen LogP contribution in [0, 0.1) is 22.2 Å². The van der Waals surface area contributed by atoms with Gasteiger partial charge in [-0.25, -0.2) is 4.98 Å². The van der Waals surface area contributed by atoms with Gasteiger partial charge in [-0.3, -0.25) is 0 Å². The molecule has 0 amide bonds. The highest BCUT2D eigenvalue weighted by molar-refractivity contribution is 6.29. The third-order valence-electron chi connectivity index (χ3n) is 3.83. The van der Waals surface area contributed by atoms with Crippen molar-refractivity contribution in [3.63, 3.8) is 0 Å². The van der Waals surface area contributed by atoms with Gasteiger partial charge in [0.2, 0.25) is 0 Å². The summed E-state index contributed by atoms with van der Waals surface area (Å²) in [7, 11) is 0. The van der Waals surface area contributed by atoms with E-state index in [1.165, 1.54) is 6.42 Å². The standard InChI is InChI=1S/C16H22ClN3/c1-15(2)7-12(8-16(3,4)10-15)19-14-6-11(9-18)5-13(17)20-14/h5-6,12H,7-8,10H2,1-4H3,(H,19,20). The minimum absolute atomic E-state index is 0.316. The third-order valence-corrected chi connectivity index (χ3v) is 4.02. The fourth-order valence-corrected chi connectivity index (χ4v) is 4.00. The monoisotopic (exact) mass is 291 g/mol. The predicted octanol–water partition coefficient (Wildman–Crippen LogP) is 4.62. The lowest BCUT2D eigenvalue weighted by Gasteiger charge is -2.45. The number of aromatic nitrogens is 1. The van der Waals surface area contributed by atoms with Crippen LogP contribution in [0.2, 0.25) is 5.15 Å². The van der Waals surface area contributed by atoms with E-state index in [9.17, 15) is 0 Å². The van der Waals surface area contributed by atoms with Gasteiger partial charge in [0.05, 0.1) is 11.6 Å². The molecule has 108 valence electrons. The van der Waals surface area contributed by atoms with Crippen molar-refractivity contribution in [2.45, 2.75) is 53.0 Å². The zero-order valence-corrected chi connectivity index (χ0v) is 13.4. The van der Waals surface area contributed by atoms with E-state index < -0.39 is 0 Å². The molecule has 0 spiro atoms. The van der Waals surface area contributed by atoms with Crippen molar-refractivity contribution in [2.24, 2.45) is 10.8 Å². The molecular formula is C16H22ClN3. The molecule has 1 aliphatic carbocycles. The van der Waals surface area contributed by atoms with Gasteiger partial charge < -0.3 is 5.32 Å². The predicted molar refractivity (Wildman–Crippen MR) is 82.8 cm³/mol. The summed E-state index contributed by atoms with van der Waals surface area (Å²) in [5.41, 5.74) is 1.17. The number of pyridine rings is 1. The van der Waals surface area contributed by atoms with Gasteiger partial charge in [0.1, 0.15) is 11.0 Å². The van der Waals surface area contributed by atoms with E-state index in [1.54, 1.807) is 12.1 Å². The van der Waals surface area contributed by atoms with Gasteiger partial charge >= 0.3 is 0 Å². The van der Waals surface area contributed by atoms with Crippen LogP contribution in [0.15, 0.2) is 12.1 Å². The molecule has 0 saturated heterocycles. The lowest BCUT2D eigenvalue weighted by Crippen LogP contribution is -2.40. The fourth-order valence-electron chi connectivity index (χ4n) is 3.79. The molecule has 0 unspecified atom stereocenters. The molecule has 0 aromatic carbocycles. The smallest absolute Gasteiger partial charge is 0.132 e. The van der Waals surface area contributed by atoms with Crippen LogP contribution in [0.25, 0.3) is 0 Å². The largest absolute Gasteiger partial charge is 0.367 e. The molecule has 1 heterocycles. The summed E-state index contributed by atoms with van der Waals surface area (Å²) in [6.07, 6.45) is 3.43. The summed E-state index contributed by atoms with van der Waals surface area (Å²) in [4.78, 5) is 4.27. The number of nitrogens with zero attached hydrogens (tertiary/aromatic N) is 2. The van der Waals surface area contributed by atoms with Crippen LogP contribution < -0.4 is 5.32 Å². The van der Waals surface area contributed by atoms with Crippen LogP contribution in [0.3, 0.4) is 0 Å². The molecule has 1 N–H and O–H groups in total. The second kappa shape index (κ2) is 5.26. The van der Waals surface area contributed by atoms with Gasteiger partial charge in [-0.15, -0.1) is 0 Å². The maximum absolute atomic E-state index is 8.99. The lowest BCUT2D eigenvalue weighted by atomic mass is 9.63. The first-order valence-corrected chi connectivity index (χ1v) is 7.41. The third kappa shape index (κ3) is 3.86. The summed E-state index contributed by atoms with van der Waals surface area (Å²) < 4.78 is 0. The molecule has 0 aliphatic heterocycles. The Kier molecular flexibility index (Phi) is 3.97. The SMILES string of the molecule is CC1(C)CC(Nc2cc(C#N)cc(Cl)n2)CC(C)(C)C1. The first-order chi connectivity index (χ1) is 9.19. The Hall–Kier alpha value is -1.27. The number of nitriles is 1. The van der Waals surface area contributed by atoms with Crippen molar-refractivity contribution in [2.75, 3.05) is 5.32 Å². The summed E-state index contributed by atoms with van der Waals surface area (Å²) in [5, 5.41) is 12.8. The van der Waals surface area contributed by atoms with E-state index in [2.05, 4.69) is 44.1 Å². The van der Waals surface area contributed by atoms with E-state index in [1.807, 2.05) is 0 Å².